The molecule has 0 aliphatic carbocycles. The third kappa shape index (κ3) is 4.52. The molecule has 0 saturated carbocycles. The molecule has 0 saturated heterocycles. The fraction of sp³-hybridized carbons (Fsp3) is 0.172. The lowest BCUT2D eigenvalue weighted by atomic mass is 10.00. The van der Waals surface area contributed by atoms with Gasteiger partial charge in [0.15, 0.2) is 11.5 Å². The van der Waals surface area contributed by atoms with Gasteiger partial charge < -0.3 is 18.9 Å². The minimum Gasteiger partial charge on any atom is -0.496 e. The van der Waals surface area contributed by atoms with Gasteiger partial charge >= 0.3 is 0 Å². The van der Waals surface area contributed by atoms with E-state index in [0.29, 0.717) is 17.2 Å². The Bertz CT molecular complexity index is 1320. The average Bonchev–Trinajstić information content (AvgIpc) is 3.30. The van der Waals surface area contributed by atoms with Crippen molar-refractivity contribution in [2.45, 2.75) is 6.92 Å². The van der Waals surface area contributed by atoms with Crippen LogP contribution in [-0.4, -0.2) is 28.4 Å². The van der Waals surface area contributed by atoms with Gasteiger partial charge in [-0.1, -0.05) is 36.9 Å². The van der Waals surface area contributed by atoms with Crippen LogP contribution in [0.5, 0.6) is 23.0 Å². The molecule has 0 spiro atoms. The van der Waals surface area contributed by atoms with Crippen LogP contribution in [0.15, 0.2) is 67.3 Å². The molecule has 0 N–H and O–H groups in total. The summed E-state index contributed by atoms with van der Waals surface area (Å²) in [6.07, 6.45) is 4.08. The van der Waals surface area contributed by atoms with E-state index in [1.54, 1.807) is 39.8 Å². The molecule has 1 heterocycles. The molecule has 4 aromatic rings. The standard InChI is InChI=1S/C29H28O4S/c1-18(22-15-25(31-4)29(33-6)26(16-22)32-5)11-12-20-14-23(24(30-3)13-19(20)2)28-17-21-9-7-8-10-27(21)34-28/h7-17H,1H2,2-6H3/b12-11+. The Labute approximate surface area is 204 Å². The number of rotatable bonds is 8. The highest BCUT2D eigenvalue weighted by atomic mass is 32.1. The van der Waals surface area contributed by atoms with Crippen LogP contribution >= 0.6 is 11.3 Å². The van der Waals surface area contributed by atoms with Crippen LogP contribution in [0.2, 0.25) is 0 Å². The smallest absolute Gasteiger partial charge is 0.203 e. The van der Waals surface area contributed by atoms with Crippen molar-refractivity contribution >= 4 is 33.1 Å². The number of thiophene rings is 1. The minimum atomic E-state index is 0.560. The third-order valence-electron chi connectivity index (χ3n) is 5.78. The summed E-state index contributed by atoms with van der Waals surface area (Å²) in [5.41, 5.74) is 5.02. The number of hydrogen-bond acceptors (Lipinski definition) is 5. The second-order valence-corrected chi connectivity index (χ2v) is 8.91. The Balaban J connectivity index is 1.71. The van der Waals surface area contributed by atoms with Gasteiger partial charge in [0.05, 0.1) is 28.4 Å². The van der Waals surface area contributed by atoms with Crippen LogP contribution in [-0.2, 0) is 0 Å². The first-order valence-corrected chi connectivity index (χ1v) is 11.7. The van der Waals surface area contributed by atoms with Crippen molar-refractivity contribution in [3.8, 4) is 33.4 Å². The summed E-state index contributed by atoms with van der Waals surface area (Å²) < 4.78 is 23.4. The molecule has 0 aliphatic rings. The van der Waals surface area contributed by atoms with Gasteiger partial charge in [-0.25, -0.2) is 0 Å². The zero-order valence-corrected chi connectivity index (χ0v) is 20.9. The molecule has 0 atom stereocenters. The molecular formula is C29H28O4S. The Morgan fingerprint density at radius 2 is 1.50 bits per heavy atom. The fourth-order valence-corrected chi connectivity index (χ4v) is 4.99. The highest BCUT2D eigenvalue weighted by molar-refractivity contribution is 7.22. The summed E-state index contributed by atoms with van der Waals surface area (Å²) in [6.45, 7) is 6.34. The summed E-state index contributed by atoms with van der Waals surface area (Å²) in [7, 11) is 6.52. The molecule has 5 heteroatoms. The van der Waals surface area contributed by atoms with Gasteiger partial charge in [-0.05, 0) is 71.0 Å². The van der Waals surface area contributed by atoms with Crippen LogP contribution in [0.4, 0.5) is 0 Å². The molecule has 0 fully saturated rings. The van der Waals surface area contributed by atoms with E-state index in [1.807, 2.05) is 18.2 Å². The maximum Gasteiger partial charge on any atom is 0.203 e. The summed E-state index contributed by atoms with van der Waals surface area (Å²) in [6, 6.07) is 18.7. The molecule has 0 unspecified atom stereocenters. The lowest BCUT2D eigenvalue weighted by molar-refractivity contribution is 0.324. The molecule has 34 heavy (non-hydrogen) atoms. The third-order valence-corrected chi connectivity index (χ3v) is 6.93. The van der Waals surface area contributed by atoms with E-state index >= 15 is 0 Å². The number of ether oxygens (including phenoxy) is 4. The number of benzene rings is 3. The quantitative estimate of drug-likeness (QED) is 0.247. The van der Waals surface area contributed by atoms with Crippen molar-refractivity contribution in [3.05, 3.63) is 83.9 Å². The molecule has 174 valence electrons. The van der Waals surface area contributed by atoms with Crippen molar-refractivity contribution in [1.82, 2.24) is 0 Å². The Morgan fingerprint density at radius 3 is 2.12 bits per heavy atom. The first-order chi connectivity index (χ1) is 16.5. The predicted molar refractivity (Wildman–Crippen MR) is 143 cm³/mol. The van der Waals surface area contributed by atoms with Crippen LogP contribution < -0.4 is 18.9 Å². The summed E-state index contributed by atoms with van der Waals surface area (Å²) in [5, 5.41) is 1.23. The molecule has 4 nitrogen and oxygen atoms in total. The molecule has 3 aromatic carbocycles. The van der Waals surface area contributed by atoms with Crippen molar-refractivity contribution in [2.24, 2.45) is 0 Å². The maximum atomic E-state index is 5.72. The average molecular weight is 473 g/mol. The highest BCUT2D eigenvalue weighted by Crippen LogP contribution is 2.41. The molecule has 0 bridgehead atoms. The van der Waals surface area contributed by atoms with Crippen molar-refractivity contribution < 1.29 is 18.9 Å². The van der Waals surface area contributed by atoms with Crippen molar-refractivity contribution in [1.29, 1.82) is 0 Å². The van der Waals surface area contributed by atoms with Crippen LogP contribution in [0, 0.1) is 6.92 Å². The molecule has 4 rings (SSSR count). The van der Waals surface area contributed by atoms with Gasteiger partial charge in [-0.2, -0.15) is 0 Å². The number of allylic oxidation sites excluding steroid dienone is 2. The number of fused-ring (bicyclic) bond motifs is 1. The second kappa shape index (κ2) is 10.1. The number of aryl methyl sites for hydroxylation is 1. The highest BCUT2D eigenvalue weighted by Gasteiger charge is 2.15. The topological polar surface area (TPSA) is 36.9 Å². The lowest BCUT2D eigenvalue weighted by Crippen LogP contribution is -1.96. The fourth-order valence-electron chi connectivity index (χ4n) is 3.91. The van der Waals surface area contributed by atoms with Gasteiger partial charge in [0.2, 0.25) is 5.75 Å². The second-order valence-electron chi connectivity index (χ2n) is 7.83. The Morgan fingerprint density at radius 1 is 0.824 bits per heavy atom. The first-order valence-electron chi connectivity index (χ1n) is 10.8. The predicted octanol–water partition coefficient (Wildman–Crippen LogP) is 7.64. The Kier molecular flexibility index (Phi) is 6.94. The molecule has 0 radical (unpaired) electrons. The van der Waals surface area contributed by atoms with Gasteiger partial charge in [0.25, 0.3) is 0 Å². The first kappa shape index (κ1) is 23.5. The number of methoxy groups -OCH3 is 4. The summed E-state index contributed by atoms with van der Waals surface area (Å²) in [5.74, 6) is 2.62. The summed E-state index contributed by atoms with van der Waals surface area (Å²) in [4.78, 5) is 1.18. The van der Waals surface area contributed by atoms with Gasteiger partial charge in [-0.15, -0.1) is 11.3 Å². The number of hydrogen-bond donors (Lipinski definition) is 0. The lowest BCUT2D eigenvalue weighted by Gasteiger charge is -2.14. The van der Waals surface area contributed by atoms with Crippen LogP contribution in [0.1, 0.15) is 16.7 Å². The largest absolute Gasteiger partial charge is 0.496 e. The van der Waals surface area contributed by atoms with E-state index in [4.69, 9.17) is 18.9 Å². The van der Waals surface area contributed by atoms with E-state index in [0.717, 1.165) is 33.6 Å². The monoisotopic (exact) mass is 472 g/mol. The zero-order valence-electron chi connectivity index (χ0n) is 20.1. The van der Waals surface area contributed by atoms with Gasteiger partial charge in [-0.3, -0.25) is 0 Å². The van der Waals surface area contributed by atoms with Crippen LogP contribution in [0.25, 0.3) is 32.2 Å². The Hall–Kier alpha value is -3.70. The SMILES string of the molecule is C=C(/C=C/c1cc(-c2cc3ccccc3s2)c(OC)cc1C)c1cc(OC)c(OC)c(OC)c1. The molecule has 0 aliphatic heterocycles. The zero-order chi connectivity index (χ0) is 24.2. The molecule has 1 aromatic heterocycles. The van der Waals surface area contributed by atoms with E-state index < -0.39 is 0 Å². The maximum absolute atomic E-state index is 5.72. The van der Waals surface area contributed by atoms with Crippen LogP contribution in [0.3, 0.4) is 0 Å². The van der Waals surface area contributed by atoms with Gasteiger partial charge in [0, 0.05) is 15.1 Å². The van der Waals surface area contributed by atoms with Gasteiger partial charge in [0.1, 0.15) is 5.75 Å². The van der Waals surface area contributed by atoms with E-state index in [-0.39, 0.29) is 0 Å². The van der Waals surface area contributed by atoms with E-state index in [1.165, 1.54) is 15.0 Å². The van der Waals surface area contributed by atoms with E-state index in [9.17, 15) is 0 Å². The van der Waals surface area contributed by atoms with E-state index in [2.05, 4.69) is 62.0 Å². The minimum absolute atomic E-state index is 0.560. The molecular weight excluding hydrogens is 444 g/mol. The normalized spacial score (nSPS) is 11.1. The van der Waals surface area contributed by atoms with Crippen molar-refractivity contribution in [3.63, 3.8) is 0 Å². The molecule has 0 amide bonds. The van der Waals surface area contributed by atoms with Crippen molar-refractivity contribution in [2.75, 3.05) is 28.4 Å². The summed E-state index contributed by atoms with van der Waals surface area (Å²) >= 11 is 1.77.